The van der Waals surface area contributed by atoms with Crippen molar-refractivity contribution in [2.45, 2.75) is 5.41 Å². The lowest BCUT2D eigenvalue weighted by Crippen LogP contribution is -2.26. The Bertz CT molecular complexity index is 3140. The fourth-order valence-corrected chi connectivity index (χ4v) is 11.1. The molecule has 1 nitrogen and oxygen atoms in total. The van der Waals surface area contributed by atoms with E-state index in [2.05, 4.69) is 217 Å². The number of thiophene rings is 1. The second kappa shape index (κ2) is 12.5. The summed E-state index contributed by atoms with van der Waals surface area (Å²) in [5, 5.41) is 2.63. The largest absolute Gasteiger partial charge is 0.310 e. The van der Waals surface area contributed by atoms with Crippen molar-refractivity contribution in [3.8, 4) is 44.5 Å². The second-order valence-electron chi connectivity index (χ2n) is 15.2. The van der Waals surface area contributed by atoms with E-state index in [4.69, 9.17) is 0 Å². The molecule has 0 radical (unpaired) electrons. The molecule has 2 aliphatic rings. The van der Waals surface area contributed by atoms with Crippen molar-refractivity contribution >= 4 is 48.6 Å². The van der Waals surface area contributed by atoms with Gasteiger partial charge in [-0.1, -0.05) is 170 Å². The molecule has 12 rings (SSSR count). The number of anilines is 3. The zero-order chi connectivity index (χ0) is 37.5. The number of hydrogen-bond donors (Lipinski definition) is 0. The van der Waals surface area contributed by atoms with Gasteiger partial charge in [-0.05, 0) is 109 Å². The molecule has 10 aromatic rings. The molecule has 0 fully saturated rings. The predicted molar refractivity (Wildman–Crippen MR) is 241 cm³/mol. The van der Waals surface area contributed by atoms with Gasteiger partial charge in [-0.25, -0.2) is 0 Å². The molecule has 0 aliphatic heterocycles. The monoisotopic (exact) mass is 741 g/mol. The van der Waals surface area contributed by atoms with Gasteiger partial charge in [-0.3, -0.25) is 0 Å². The summed E-state index contributed by atoms with van der Waals surface area (Å²) in [5.41, 5.74) is 18.4. The number of rotatable bonds is 5. The Morgan fingerprint density at radius 1 is 0.316 bits per heavy atom. The highest BCUT2D eigenvalue weighted by Gasteiger charge is 2.51. The van der Waals surface area contributed by atoms with E-state index in [1.807, 2.05) is 11.3 Å². The van der Waals surface area contributed by atoms with Gasteiger partial charge in [0, 0.05) is 37.2 Å². The summed E-state index contributed by atoms with van der Waals surface area (Å²) in [6.07, 6.45) is 0. The van der Waals surface area contributed by atoms with Crippen molar-refractivity contribution in [3.63, 3.8) is 0 Å². The smallest absolute Gasteiger partial charge is 0.0726 e. The first-order valence-corrected chi connectivity index (χ1v) is 20.5. The SMILES string of the molecule is c1ccc(-c2cccc(N(c3cccc(-c4cccc5c4sc4ccccc45)c3)c3ccc4c(c3)C3(c5ccccc5-c5ccccc53)c3ccccc3-4)c2)cc1. The summed E-state index contributed by atoms with van der Waals surface area (Å²) in [5.74, 6) is 0. The van der Waals surface area contributed by atoms with Gasteiger partial charge in [0.1, 0.15) is 0 Å². The van der Waals surface area contributed by atoms with E-state index in [-0.39, 0.29) is 0 Å². The maximum Gasteiger partial charge on any atom is 0.0726 e. The Kier molecular flexibility index (Phi) is 7.08. The number of benzene rings is 9. The summed E-state index contributed by atoms with van der Waals surface area (Å²) in [4.78, 5) is 2.46. The molecule has 0 saturated carbocycles. The minimum atomic E-state index is -0.425. The van der Waals surface area contributed by atoms with Gasteiger partial charge in [-0.2, -0.15) is 0 Å². The topological polar surface area (TPSA) is 3.24 Å². The van der Waals surface area contributed by atoms with Crippen molar-refractivity contribution in [2.24, 2.45) is 0 Å². The van der Waals surface area contributed by atoms with Gasteiger partial charge in [0.05, 0.1) is 5.41 Å². The van der Waals surface area contributed by atoms with E-state index in [1.54, 1.807) is 0 Å². The molecular weight excluding hydrogens is 707 g/mol. The molecule has 1 heterocycles. The van der Waals surface area contributed by atoms with Crippen LogP contribution >= 0.6 is 11.3 Å². The maximum atomic E-state index is 2.49. The van der Waals surface area contributed by atoms with Crippen molar-refractivity contribution in [3.05, 3.63) is 235 Å². The van der Waals surface area contributed by atoms with Crippen LogP contribution in [0.2, 0.25) is 0 Å². The predicted octanol–water partition coefficient (Wildman–Crippen LogP) is 15.2. The fourth-order valence-electron chi connectivity index (χ4n) is 9.91. The lowest BCUT2D eigenvalue weighted by Gasteiger charge is -2.32. The number of hydrogen-bond acceptors (Lipinski definition) is 2. The second-order valence-corrected chi connectivity index (χ2v) is 16.3. The molecule has 0 bridgehead atoms. The maximum absolute atomic E-state index is 2.49. The first-order valence-electron chi connectivity index (χ1n) is 19.7. The number of fused-ring (bicyclic) bond motifs is 13. The fraction of sp³-hybridized carbons (Fsp3) is 0.0182. The molecule has 266 valence electrons. The van der Waals surface area contributed by atoms with Crippen LogP contribution in [0.15, 0.2) is 212 Å². The van der Waals surface area contributed by atoms with Crippen LogP contribution in [0.4, 0.5) is 17.1 Å². The Morgan fingerprint density at radius 2 is 0.807 bits per heavy atom. The van der Waals surface area contributed by atoms with Crippen molar-refractivity contribution in [2.75, 3.05) is 4.90 Å². The van der Waals surface area contributed by atoms with Gasteiger partial charge in [0.15, 0.2) is 0 Å². The average Bonchev–Trinajstić information content (AvgIpc) is 3.91. The highest BCUT2D eigenvalue weighted by molar-refractivity contribution is 7.26. The lowest BCUT2D eigenvalue weighted by atomic mass is 9.70. The Balaban J connectivity index is 1.10. The molecule has 0 N–H and O–H groups in total. The van der Waals surface area contributed by atoms with E-state index in [1.165, 1.54) is 86.9 Å². The quantitative estimate of drug-likeness (QED) is 0.170. The van der Waals surface area contributed by atoms with Crippen molar-refractivity contribution in [1.29, 1.82) is 0 Å². The van der Waals surface area contributed by atoms with Gasteiger partial charge < -0.3 is 4.90 Å². The molecule has 1 aromatic heterocycles. The summed E-state index contributed by atoms with van der Waals surface area (Å²) in [7, 11) is 0. The van der Waals surface area contributed by atoms with Crippen LogP contribution in [0.1, 0.15) is 22.3 Å². The number of nitrogens with zero attached hydrogens (tertiary/aromatic N) is 1. The minimum Gasteiger partial charge on any atom is -0.310 e. The first kappa shape index (κ1) is 32.3. The third kappa shape index (κ3) is 4.68. The van der Waals surface area contributed by atoms with Crippen LogP contribution in [0, 0.1) is 0 Å². The lowest BCUT2D eigenvalue weighted by molar-refractivity contribution is 0.793. The first-order chi connectivity index (χ1) is 28.3. The van der Waals surface area contributed by atoms with Crippen LogP contribution < -0.4 is 4.90 Å². The van der Waals surface area contributed by atoms with Crippen molar-refractivity contribution in [1.82, 2.24) is 0 Å². The van der Waals surface area contributed by atoms with E-state index < -0.39 is 5.41 Å². The Hall–Kier alpha value is -7.00. The van der Waals surface area contributed by atoms with Crippen molar-refractivity contribution < 1.29 is 0 Å². The Labute approximate surface area is 336 Å². The Morgan fingerprint density at radius 3 is 1.51 bits per heavy atom. The highest BCUT2D eigenvalue weighted by Crippen LogP contribution is 2.63. The van der Waals surface area contributed by atoms with Crippen LogP contribution in [-0.2, 0) is 5.41 Å². The zero-order valence-electron chi connectivity index (χ0n) is 31.1. The standard InChI is InChI=1S/C55H35NS/c1-2-15-36(16-3-1)37-17-12-19-39(33-37)56(40-20-13-18-38(34-40)42-25-14-26-48-47-24-7-11-30-53(47)57-54(42)48)41-31-32-46-45-23-6-10-29-51(45)55(52(46)35-41)49-27-8-4-21-43(49)44-22-5-9-28-50(44)55/h1-35H. The van der Waals surface area contributed by atoms with Crippen LogP contribution in [-0.4, -0.2) is 0 Å². The van der Waals surface area contributed by atoms with E-state index >= 15 is 0 Å². The van der Waals surface area contributed by atoms with E-state index in [9.17, 15) is 0 Å². The van der Waals surface area contributed by atoms with Gasteiger partial charge in [0.25, 0.3) is 0 Å². The summed E-state index contributed by atoms with van der Waals surface area (Å²) in [6, 6.07) is 78.7. The normalized spacial score (nSPS) is 13.1. The van der Waals surface area contributed by atoms with Crippen LogP contribution in [0.3, 0.4) is 0 Å². The average molecular weight is 742 g/mol. The molecule has 57 heavy (non-hydrogen) atoms. The minimum absolute atomic E-state index is 0.425. The van der Waals surface area contributed by atoms with Crippen LogP contribution in [0.25, 0.3) is 64.7 Å². The molecular formula is C55H35NS. The summed E-state index contributed by atoms with van der Waals surface area (Å²) < 4.78 is 2.64. The highest BCUT2D eigenvalue weighted by atomic mass is 32.1. The molecule has 1 spiro atoms. The van der Waals surface area contributed by atoms with E-state index in [0.29, 0.717) is 0 Å². The van der Waals surface area contributed by atoms with Gasteiger partial charge in [-0.15, -0.1) is 11.3 Å². The van der Waals surface area contributed by atoms with Gasteiger partial charge in [0.2, 0.25) is 0 Å². The summed E-state index contributed by atoms with van der Waals surface area (Å²) in [6.45, 7) is 0. The van der Waals surface area contributed by atoms with Crippen LogP contribution in [0.5, 0.6) is 0 Å². The summed E-state index contributed by atoms with van der Waals surface area (Å²) >= 11 is 1.88. The molecule has 0 unspecified atom stereocenters. The molecule has 2 aliphatic carbocycles. The third-order valence-corrected chi connectivity index (χ3v) is 13.5. The van der Waals surface area contributed by atoms with Gasteiger partial charge >= 0.3 is 0 Å². The third-order valence-electron chi connectivity index (χ3n) is 12.3. The van der Waals surface area contributed by atoms with E-state index in [0.717, 1.165) is 17.1 Å². The molecule has 0 atom stereocenters. The molecule has 2 heteroatoms. The molecule has 0 saturated heterocycles. The zero-order valence-corrected chi connectivity index (χ0v) is 31.9. The molecule has 9 aromatic carbocycles. The molecule has 0 amide bonds.